The molecule has 4 heteroatoms. The van der Waals surface area contributed by atoms with Crippen molar-refractivity contribution < 1.29 is 9.53 Å². The summed E-state index contributed by atoms with van der Waals surface area (Å²) in [4.78, 5) is 15.1. The quantitative estimate of drug-likeness (QED) is 0.847. The highest BCUT2D eigenvalue weighted by Gasteiger charge is 2.14. The van der Waals surface area contributed by atoms with E-state index in [-0.39, 0.29) is 5.78 Å². The molecule has 1 N–H and O–H groups in total. The summed E-state index contributed by atoms with van der Waals surface area (Å²) in [6, 6.07) is 5.42. The molecule has 18 heavy (non-hydrogen) atoms. The van der Waals surface area contributed by atoms with Gasteiger partial charge in [0.1, 0.15) is 5.75 Å². The number of carbonyl (C=O) groups excluding carboxylic acids is 1. The van der Waals surface area contributed by atoms with E-state index in [0.717, 1.165) is 10.9 Å². The first-order valence-electron chi connectivity index (χ1n) is 5.91. The molecule has 0 amide bonds. The third-order valence-electron chi connectivity index (χ3n) is 2.80. The fourth-order valence-electron chi connectivity index (χ4n) is 1.99. The van der Waals surface area contributed by atoms with Crippen LogP contribution in [0.4, 0.5) is 0 Å². The number of Topliss-reactive ketones (excluding diaryl/α,β-unsaturated/α-hetero) is 1. The number of fused-ring (bicyclic) bond motifs is 1. The van der Waals surface area contributed by atoms with Gasteiger partial charge in [0.2, 0.25) is 0 Å². The molecule has 0 aliphatic carbocycles. The number of aromatic amines is 1. The van der Waals surface area contributed by atoms with Crippen LogP contribution < -0.4 is 4.74 Å². The smallest absolute Gasteiger partial charge is 0.179 e. The van der Waals surface area contributed by atoms with Crippen LogP contribution in [-0.2, 0) is 0 Å². The predicted octanol–water partition coefficient (Wildman–Crippen LogP) is 4.06. The highest BCUT2D eigenvalue weighted by molar-refractivity contribution is 6.33. The van der Waals surface area contributed by atoms with Crippen LogP contribution in [0, 0.1) is 5.92 Å². The lowest BCUT2D eigenvalue weighted by atomic mass is 10.1. The molecule has 1 heterocycles. The Bertz CT molecular complexity index is 587. The van der Waals surface area contributed by atoms with Gasteiger partial charge in [-0.05, 0) is 24.1 Å². The second-order valence-corrected chi connectivity index (χ2v) is 5.15. The van der Waals surface area contributed by atoms with Crippen molar-refractivity contribution in [3.05, 3.63) is 28.9 Å². The number of aromatic nitrogens is 1. The Hall–Kier alpha value is -1.48. The van der Waals surface area contributed by atoms with Crippen LogP contribution in [0.2, 0.25) is 5.02 Å². The summed E-state index contributed by atoms with van der Waals surface area (Å²) in [5, 5.41) is 1.39. The first kappa shape index (κ1) is 13.0. The number of H-pyrrole nitrogens is 1. The molecule has 0 bridgehead atoms. The van der Waals surface area contributed by atoms with E-state index in [1.807, 2.05) is 26.0 Å². The number of methoxy groups -OCH3 is 1. The van der Waals surface area contributed by atoms with Gasteiger partial charge in [0.05, 0.1) is 17.8 Å². The maximum Gasteiger partial charge on any atom is 0.179 e. The van der Waals surface area contributed by atoms with Gasteiger partial charge in [0.15, 0.2) is 5.78 Å². The van der Waals surface area contributed by atoms with E-state index >= 15 is 0 Å². The van der Waals surface area contributed by atoms with Crippen molar-refractivity contribution in [1.29, 1.82) is 0 Å². The highest BCUT2D eigenvalue weighted by Crippen LogP contribution is 2.33. The topological polar surface area (TPSA) is 42.1 Å². The lowest BCUT2D eigenvalue weighted by molar-refractivity contribution is 0.0964. The second-order valence-electron chi connectivity index (χ2n) is 4.75. The van der Waals surface area contributed by atoms with Gasteiger partial charge in [-0.2, -0.15) is 0 Å². The lowest BCUT2D eigenvalue weighted by Crippen LogP contribution is -2.03. The third kappa shape index (κ3) is 2.36. The van der Waals surface area contributed by atoms with E-state index < -0.39 is 0 Å². The molecule has 0 aliphatic rings. The first-order valence-corrected chi connectivity index (χ1v) is 6.29. The molecule has 0 fully saturated rings. The van der Waals surface area contributed by atoms with Crippen LogP contribution in [0.5, 0.6) is 5.75 Å². The van der Waals surface area contributed by atoms with Crippen molar-refractivity contribution >= 4 is 28.3 Å². The standard InChI is InChI=1S/C14H16ClNO2/c1-8(2)6-13(17)12-7-9-11(16-12)5-4-10(15)14(9)18-3/h4-5,7-8,16H,6H2,1-3H3. The molecule has 0 atom stereocenters. The van der Waals surface area contributed by atoms with Crippen LogP contribution in [-0.4, -0.2) is 17.9 Å². The zero-order valence-corrected chi connectivity index (χ0v) is 11.5. The number of hydrogen-bond acceptors (Lipinski definition) is 2. The summed E-state index contributed by atoms with van der Waals surface area (Å²) >= 11 is 6.05. The van der Waals surface area contributed by atoms with Gasteiger partial charge in [-0.3, -0.25) is 4.79 Å². The molecule has 3 nitrogen and oxygen atoms in total. The highest BCUT2D eigenvalue weighted by atomic mass is 35.5. The Kier molecular flexibility index (Phi) is 3.62. The molecule has 1 aromatic heterocycles. The van der Waals surface area contributed by atoms with Crippen LogP contribution in [0.1, 0.15) is 30.8 Å². The summed E-state index contributed by atoms with van der Waals surface area (Å²) < 4.78 is 5.27. The molecule has 0 saturated heterocycles. The molecule has 96 valence electrons. The van der Waals surface area contributed by atoms with Crippen molar-refractivity contribution in [2.75, 3.05) is 7.11 Å². The van der Waals surface area contributed by atoms with E-state index in [1.54, 1.807) is 13.2 Å². The van der Waals surface area contributed by atoms with Gasteiger partial charge >= 0.3 is 0 Å². The van der Waals surface area contributed by atoms with E-state index in [4.69, 9.17) is 16.3 Å². The summed E-state index contributed by atoms with van der Waals surface area (Å²) in [5.41, 5.74) is 1.47. The minimum Gasteiger partial charge on any atom is -0.494 e. The summed E-state index contributed by atoms with van der Waals surface area (Å²) in [6.45, 7) is 4.05. The molecule has 2 rings (SSSR count). The summed E-state index contributed by atoms with van der Waals surface area (Å²) in [5.74, 6) is 1.06. The van der Waals surface area contributed by atoms with E-state index in [1.165, 1.54) is 0 Å². The lowest BCUT2D eigenvalue weighted by Gasteiger charge is -2.03. The summed E-state index contributed by atoms with van der Waals surface area (Å²) in [6.07, 6.45) is 0.531. The first-order chi connectivity index (χ1) is 8.52. The zero-order chi connectivity index (χ0) is 13.3. The Morgan fingerprint density at radius 2 is 2.17 bits per heavy atom. The average molecular weight is 266 g/mol. The van der Waals surface area contributed by atoms with E-state index in [9.17, 15) is 4.79 Å². The number of rotatable bonds is 4. The van der Waals surface area contributed by atoms with E-state index in [0.29, 0.717) is 28.8 Å². The van der Waals surface area contributed by atoms with Gasteiger partial charge in [-0.25, -0.2) is 0 Å². The minimum atomic E-state index is 0.111. The maximum atomic E-state index is 12.0. The van der Waals surface area contributed by atoms with Crippen molar-refractivity contribution in [3.8, 4) is 5.75 Å². The van der Waals surface area contributed by atoms with Crippen molar-refractivity contribution in [2.45, 2.75) is 20.3 Å². The molecular weight excluding hydrogens is 250 g/mol. The normalized spacial score (nSPS) is 11.2. The Morgan fingerprint density at radius 1 is 1.44 bits per heavy atom. The predicted molar refractivity (Wildman–Crippen MR) is 73.6 cm³/mol. The van der Waals surface area contributed by atoms with Gasteiger partial charge in [-0.1, -0.05) is 25.4 Å². The average Bonchev–Trinajstić information content (AvgIpc) is 2.72. The van der Waals surface area contributed by atoms with Gasteiger partial charge < -0.3 is 9.72 Å². The fraction of sp³-hybridized carbons (Fsp3) is 0.357. The number of benzene rings is 1. The molecule has 0 aliphatic heterocycles. The van der Waals surface area contributed by atoms with Crippen LogP contribution in [0.15, 0.2) is 18.2 Å². The van der Waals surface area contributed by atoms with Crippen molar-refractivity contribution in [2.24, 2.45) is 5.92 Å². The summed E-state index contributed by atoms with van der Waals surface area (Å²) in [7, 11) is 1.57. The van der Waals surface area contributed by atoms with Crippen molar-refractivity contribution in [1.82, 2.24) is 4.98 Å². The molecule has 0 saturated carbocycles. The third-order valence-corrected chi connectivity index (χ3v) is 3.10. The number of ketones is 1. The maximum absolute atomic E-state index is 12.0. The largest absolute Gasteiger partial charge is 0.494 e. The monoisotopic (exact) mass is 265 g/mol. The molecule has 1 aromatic carbocycles. The Labute approximate surface area is 111 Å². The van der Waals surface area contributed by atoms with E-state index in [2.05, 4.69) is 4.98 Å². The number of carbonyl (C=O) groups is 1. The van der Waals surface area contributed by atoms with Crippen LogP contribution in [0.3, 0.4) is 0 Å². The SMILES string of the molecule is COc1c(Cl)ccc2[nH]c(C(=O)CC(C)C)cc12. The number of ether oxygens (including phenoxy) is 1. The fourth-order valence-corrected chi connectivity index (χ4v) is 2.23. The van der Waals surface area contributed by atoms with Crippen LogP contribution in [0.25, 0.3) is 10.9 Å². The molecule has 0 radical (unpaired) electrons. The molecular formula is C14H16ClNO2. The number of halogens is 1. The zero-order valence-electron chi connectivity index (χ0n) is 10.7. The minimum absolute atomic E-state index is 0.111. The van der Waals surface area contributed by atoms with Gasteiger partial charge in [0, 0.05) is 17.3 Å². The molecule has 2 aromatic rings. The van der Waals surface area contributed by atoms with Crippen molar-refractivity contribution in [3.63, 3.8) is 0 Å². The van der Waals surface area contributed by atoms with Gasteiger partial charge in [-0.15, -0.1) is 0 Å². The van der Waals surface area contributed by atoms with Crippen LogP contribution >= 0.6 is 11.6 Å². The number of hydrogen-bond donors (Lipinski definition) is 1. The molecule has 0 spiro atoms. The molecule has 0 unspecified atom stereocenters. The second kappa shape index (κ2) is 5.02. The Balaban J connectivity index is 2.47. The van der Waals surface area contributed by atoms with Gasteiger partial charge in [0.25, 0.3) is 0 Å². The Morgan fingerprint density at radius 3 is 2.78 bits per heavy atom. The number of nitrogens with one attached hydrogen (secondary N) is 1.